The summed E-state index contributed by atoms with van der Waals surface area (Å²) in [5.74, 6) is -0.809. The molecular formula is C26H28ClF3N6O3S2. The van der Waals surface area contributed by atoms with Gasteiger partial charge in [-0.25, -0.2) is 23.4 Å². The van der Waals surface area contributed by atoms with Crippen LogP contribution in [-0.2, 0) is 10.0 Å². The number of nitrogens with one attached hydrogen (secondary N) is 2. The molecule has 9 nitrogen and oxygen atoms in total. The maximum atomic E-state index is 12.8. The third kappa shape index (κ3) is 7.56. The highest BCUT2D eigenvalue weighted by Crippen LogP contribution is 2.41. The zero-order valence-corrected chi connectivity index (χ0v) is 24.3. The molecule has 41 heavy (non-hydrogen) atoms. The van der Waals surface area contributed by atoms with E-state index in [0.717, 1.165) is 25.7 Å². The fraction of sp³-hybridized carbons (Fsp3) is 0.346. The van der Waals surface area contributed by atoms with Gasteiger partial charge in [0.05, 0.1) is 16.9 Å². The Hall–Kier alpha value is -3.20. The van der Waals surface area contributed by atoms with Crippen LogP contribution in [0.25, 0.3) is 21.3 Å². The SMILES string of the molecule is Cc1cc(NS(=O)(=O)CC(F)(F)F)c2ccccc2c1Oc1ncsc1-c1ccnc(NC2CCC(N)CC2)n1.Cl. The number of thiazole rings is 1. The third-order valence-corrected chi connectivity index (χ3v) is 8.60. The Morgan fingerprint density at radius 3 is 2.51 bits per heavy atom. The molecule has 0 spiro atoms. The number of ether oxygens (including phenoxy) is 1. The van der Waals surface area contributed by atoms with Crippen LogP contribution >= 0.6 is 23.7 Å². The van der Waals surface area contributed by atoms with Crippen LogP contribution in [0.5, 0.6) is 11.6 Å². The molecule has 1 aliphatic rings. The van der Waals surface area contributed by atoms with Crippen molar-refractivity contribution < 1.29 is 26.3 Å². The van der Waals surface area contributed by atoms with Gasteiger partial charge in [-0.2, -0.15) is 13.2 Å². The fourth-order valence-corrected chi connectivity index (χ4v) is 6.39. The zero-order chi connectivity index (χ0) is 28.5. The number of fused-ring (bicyclic) bond motifs is 1. The monoisotopic (exact) mass is 628 g/mol. The molecule has 0 radical (unpaired) electrons. The van der Waals surface area contributed by atoms with Crippen molar-refractivity contribution in [1.29, 1.82) is 0 Å². The van der Waals surface area contributed by atoms with Gasteiger partial charge in [-0.15, -0.1) is 23.7 Å². The molecule has 1 fully saturated rings. The molecule has 0 bridgehead atoms. The summed E-state index contributed by atoms with van der Waals surface area (Å²) < 4.78 is 71.1. The van der Waals surface area contributed by atoms with Gasteiger partial charge >= 0.3 is 6.18 Å². The summed E-state index contributed by atoms with van der Waals surface area (Å²) in [5, 5.41) is 4.27. The molecule has 5 rings (SSSR count). The van der Waals surface area contributed by atoms with E-state index in [1.807, 2.05) is 0 Å². The molecule has 1 saturated carbocycles. The Morgan fingerprint density at radius 1 is 1.10 bits per heavy atom. The van der Waals surface area contributed by atoms with Crippen LogP contribution in [0, 0.1) is 6.92 Å². The average Bonchev–Trinajstić information content (AvgIpc) is 3.35. The first kappa shape index (κ1) is 30.8. The van der Waals surface area contributed by atoms with Gasteiger partial charge in [0.1, 0.15) is 10.6 Å². The maximum Gasteiger partial charge on any atom is 0.404 e. The molecule has 2 aromatic carbocycles. The topological polar surface area (TPSA) is 132 Å². The predicted molar refractivity (Wildman–Crippen MR) is 156 cm³/mol. The number of hydrogen-bond donors (Lipinski definition) is 3. The van der Waals surface area contributed by atoms with Crippen molar-refractivity contribution in [2.45, 2.75) is 50.9 Å². The van der Waals surface area contributed by atoms with Crippen LogP contribution < -0.4 is 20.5 Å². The number of nitrogens with zero attached hydrogens (tertiary/aromatic N) is 3. The molecule has 2 heterocycles. The lowest BCUT2D eigenvalue weighted by Crippen LogP contribution is -2.33. The number of rotatable bonds is 8. The molecule has 0 amide bonds. The molecule has 4 aromatic rings. The lowest BCUT2D eigenvalue weighted by atomic mass is 9.92. The Kier molecular flexibility index (Phi) is 9.26. The average molecular weight is 629 g/mol. The van der Waals surface area contributed by atoms with Crippen molar-refractivity contribution >= 4 is 56.2 Å². The minimum atomic E-state index is -4.87. The summed E-state index contributed by atoms with van der Waals surface area (Å²) in [7, 11) is -4.68. The normalized spacial score (nSPS) is 17.6. The second kappa shape index (κ2) is 12.3. The Labute approximate surface area is 245 Å². The molecule has 0 saturated heterocycles. The largest absolute Gasteiger partial charge is 0.437 e. The summed E-state index contributed by atoms with van der Waals surface area (Å²) in [6.45, 7) is 1.68. The first-order valence-electron chi connectivity index (χ1n) is 12.5. The van der Waals surface area contributed by atoms with Crippen LogP contribution in [0.3, 0.4) is 0 Å². The molecular weight excluding hydrogens is 601 g/mol. The van der Waals surface area contributed by atoms with Crippen molar-refractivity contribution in [2.75, 3.05) is 15.8 Å². The van der Waals surface area contributed by atoms with Gasteiger partial charge in [0.15, 0.2) is 5.75 Å². The van der Waals surface area contributed by atoms with Gasteiger partial charge in [-0.3, -0.25) is 4.72 Å². The quantitative estimate of drug-likeness (QED) is 0.208. The standard InChI is InChI=1S/C26H27F3N6O3S2.ClH/c1-15-12-21(35-40(36,37)13-26(27,28)29)18-4-2-3-5-19(18)22(15)38-24-23(39-14-32-24)20-10-11-31-25(34-20)33-17-8-6-16(30)7-9-17;/h2-5,10-12,14,16-17,35H,6-9,13,30H2,1H3,(H,31,33,34);1H. The Balaban J connectivity index is 0.00000387. The van der Waals surface area contributed by atoms with Crippen LogP contribution in [0.4, 0.5) is 24.8 Å². The highest BCUT2D eigenvalue weighted by atomic mass is 35.5. The first-order chi connectivity index (χ1) is 19.0. The van der Waals surface area contributed by atoms with Crippen molar-refractivity contribution in [3.8, 4) is 22.2 Å². The lowest BCUT2D eigenvalue weighted by molar-refractivity contribution is -0.106. The number of aryl methyl sites for hydroxylation is 1. The van der Waals surface area contributed by atoms with E-state index < -0.39 is 22.0 Å². The van der Waals surface area contributed by atoms with Crippen molar-refractivity contribution in [3.63, 3.8) is 0 Å². The Bertz CT molecular complexity index is 1630. The molecule has 0 unspecified atom stereocenters. The van der Waals surface area contributed by atoms with E-state index in [9.17, 15) is 21.6 Å². The molecule has 220 valence electrons. The molecule has 1 aliphatic carbocycles. The van der Waals surface area contributed by atoms with Gasteiger partial charge < -0.3 is 15.8 Å². The van der Waals surface area contributed by atoms with Gasteiger partial charge in [0, 0.05) is 29.1 Å². The minimum Gasteiger partial charge on any atom is -0.437 e. The van der Waals surface area contributed by atoms with Crippen LogP contribution in [-0.4, -0.2) is 47.4 Å². The summed E-state index contributed by atoms with van der Waals surface area (Å²) >= 11 is 1.34. The van der Waals surface area contributed by atoms with E-state index in [4.69, 9.17) is 10.5 Å². The first-order valence-corrected chi connectivity index (χ1v) is 15.1. The summed E-state index contributed by atoms with van der Waals surface area (Å²) in [6.07, 6.45) is 0.559. The smallest absolute Gasteiger partial charge is 0.404 e. The number of aromatic nitrogens is 3. The van der Waals surface area contributed by atoms with Crippen molar-refractivity contribution in [3.05, 3.63) is 53.7 Å². The predicted octanol–water partition coefficient (Wildman–Crippen LogP) is 6.26. The molecule has 4 N–H and O–H groups in total. The zero-order valence-electron chi connectivity index (χ0n) is 21.8. The fourth-order valence-electron chi connectivity index (χ4n) is 4.70. The number of halogens is 4. The van der Waals surface area contributed by atoms with E-state index in [1.165, 1.54) is 17.4 Å². The second-order valence-electron chi connectivity index (χ2n) is 9.70. The van der Waals surface area contributed by atoms with Gasteiger partial charge in [0.2, 0.25) is 21.9 Å². The molecule has 0 aliphatic heterocycles. The van der Waals surface area contributed by atoms with Gasteiger partial charge in [0.25, 0.3) is 0 Å². The van der Waals surface area contributed by atoms with Crippen LogP contribution in [0.1, 0.15) is 31.2 Å². The third-order valence-electron chi connectivity index (χ3n) is 6.53. The van der Waals surface area contributed by atoms with E-state index in [-0.39, 0.29) is 36.1 Å². The van der Waals surface area contributed by atoms with E-state index in [1.54, 1.807) is 49.0 Å². The molecule has 15 heteroatoms. The number of hydrogen-bond acceptors (Lipinski definition) is 9. The number of alkyl halides is 3. The minimum absolute atomic E-state index is 0. The highest BCUT2D eigenvalue weighted by molar-refractivity contribution is 7.92. The number of benzene rings is 2. The van der Waals surface area contributed by atoms with Crippen molar-refractivity contribution in [1.82, 2.24) is 15.0 Å². The molecule has 0 atom stereocenters. The van der Waals surface area contributed by atoms with Gasteiger partial charge in [-0.05, 0) is 50.3 Å². The molecule has 2 aromatic heterocycles. The number of anilines is 2. The number of nitrogens with two attached hydrogens (primary N) is 1. The van der Waals surface area contributed by atoms with E-state index >= 15 is 0 Å². The summed E-state index contributed by atoms with van der Waals surface area (Å²) in [6, 6.07) is 10.4. The van der Waals surface area contributed by atoms with Crippen molar-refractivity contribution in [2.24, 2.45) is 5.73 Å². The number of sulfonamides is 1. The maximum absolute atomic E-state index is 12.8. The van der Waals surface area contributed by atoms with E-state index in [0.29, 0.717) is 38.6 Å². The van der Waals surface area contributed by atoms with Crippen LogP contribution in [0.15, 0.2) is 48.1 Å². The Morgan fingerprint density at radius 2 is 1.80 bits per heavy atom. The van der Waals surface area contributed by atoms with Gasteiger partial charge in [-0.1, -0.05) is 24.3 Å². The van der Waals surface area contributed by atoms with Crippen LogP contribution in [0.2, 0.25) is 0 Å². The highest BCUT2D eigenvalue weighted by Gasteiger charge is 2.35. The second-order valence-corrected chi connectivity index (χ2v) is 12.3. The lowest BCUT2D eigenvalue weighted by Gasteiger charge is -2.26. The summed E-state index contributed by atoms with van der Waals surface area (Å²) in [4.78, 5) is 14.1. The summed E-state index contributed by atoms with van der Waals surface area (Å²) in [5.41, 5.74) is 8.78. The van der Waals surface area contributed by atoms with E-state index in [2.05, 4.69) is 25.0 Å².